The zero-order chi connectivity index (χ0) is 29.6. The van der Waals surface area contributed by atoms with Gasteiger partial charge in [0.15, 0.2) is 30.2 Å². The van der Waals surface area contributed by atoms with Crippen LogP contribution in [-0.2, 0) is 32.0 Å². The molecule has 2 fully saturated rings. The summed E-state index contributed by atoms with van der Waals surface area (Å²) in [5, 5.41) is 59.3. The maximum atomic E-state index is 13.8. The van der Waals surface area contributed by atoms with Crippen molar-refractivity contribution < 1.29 is 76.8 Å². The number of fused-ring (bicyclic) bond motifs is 1. The second-order valence-electron chi connectivity index (χ2n) is 8.69. The summed E-state index contributed by atoms with van der Waals surface area (Å²) < 4.78 is 63.1. The van der Waals surface area contributed by atoms with Gasteiger partial charge in [-0.1, -0.05) is 0 Å². The molecule has 4 rings (SSSR count). The van der Waals surface area contributed by atoms with Gasteiger partial charge in [-0.15, -0.1) is 0 Å². The van der Waals surface area contributed by atoms with E-state index >= 15 is 0 Å². The highest BCUT2D eigenvalue weighted by atomic mass is 31.3. The van der Waals surface area contributed by atoms with Gasteiger partial charge in [0.2, 0.25) is 0 Å². The molecule has 4 heterocycles. The van der Waals surface area contributed by atoms with Crippen LogP contribution < -0.4 is 5.73 Å². The minimum Gasteiger partial charge on any atom is -0.393 e. The molecule has 0 spiro atoms. The summed E-state index contributed by atoms with van der Waals surface area (Å²) in [5.41, 5.74) is 6.01. The lowest BCUT2D eigenvalue weighted by molar-refractivity contribution is -0.287. The molecule has 0 saturated carbocycles. The fraction of sp³-hybridized carbons (Fsp3) is 0.706. The minimum atomic E-state index is -5.70. The third-order valence-electron chi connectivity index (χ3n) is 5.98. The Morgan fingerprint density at radius 2 is 1.70 bits per heavy atom. The van der Waals surface area contributed by atoms with E-state index in [2.05, 4.69) is 28.3 Å². The number of rotatable bonds is 10. The molecule has 2 aliphatic rings. The van der Waals surface area contributed by atoms with Gasteiger partial charge in [-0.2, -0.15) is 4.31 Å². The minimum absolute atomic E-state index is 0.0240. The van der Waals surface area contributed by atoms with E-state index in [4.69, 9.17) is 20.3 Å². The zero-order valence-electron chi connectivity index (χ0n) is 19.9. The van der Waals surface area contributed by atoms with Crippen molar-refractivity contribution in [1.82, 2.24) is 19.5 Å². The molecule has 5 unspecified atom stereocenters. The number of nitrogen functional groups attached to an aromatic ring is 1. The number of alkyl halides is 1. The molecular formula is C17H26FN5O15P2. The Labute approximate surface area is 222 Å². The number of hydrogen-bond acceptors (Lipinski definition) is 17. The van der Waals surface area contributed by atoms with Crippen LogP contribution in [0.2, 0.25) is 0 Å². The number of ether oxygens (including phenoxy) is 2. The summed E-state index contributed by atoms with van der Waals surface area (Å²) in [6, 6.07) is 0. The van der Waals surface area contributed by atoms with Crippen LogP contribution in [0, 0.1) is 0 Å². The van der Waals surface area contributed by atoms with Gasteiger partial charge in [0.05, 0.1) is 19.5 Å². The number of phosphoric acid groups is 2. The first-order valence-electron chi connectivity index (χ1n) is 11.2. The highest BCUT2D eigenvalue weighted by Crippen LogP contribution is 2.61. The molecule has 0 amide bonds. The van der Waals surface area contributed by atoms with E-state index in [1.54, 1.807) is 0 Å². The van der Waals surface area contributed by atoms with Crippen LogP contribution in [0.25, 0.3) is 11.2 Å². The second-order valence-corrected chi connectivity index (χ2v) is 11.7. The molecule has 2 aromatic heterocycles. The molecule has 2 aliphatic heterocycles. The van der Waals surface area contributed by atoms with E-state index in [-0.39, 0.29) is 17.0 Å². The van der Waals surface area contributed by atoms with Gasteiger partial charge in [0.1, 0.15) is 54.6 Å². The van der Waals surface area contributed by atoms with Crippen LogP contribution in [0.3, 0.4) is 0 Å². The number of aliphatic hydroxyl groups excluding tert-OH is 6. The van der Waals surface area contributed by atoms with E-state index in [9.17, 15) is 48.8 Å². The zero-order valence-corrected chi connectivity index (χ0v) is 21.7. The average molecular weight is 621 g/mol. The molecule has 2 aromatic rings. The van der Waals surface area contributed by atoms with Gasteiger partial charge in [-0.3, -0.25) is 13.6 Å². The number of hydrogen-bond donors (Lipinski definition) is 9. The average Bonchev–Trinajstić information content (AvgIpc) is 3.43. The fourth-order valence-electron chi connectivity index (χ4n) is 3.99. The molecule has 226 valence electrons. The Morgan fingerprint density at radius 1 is 1.00 bits per heavy atom. The Balaban J connectivity index is 1.38. The first kappa shape index (κ1) is 31.2. The summed E-state index contributed by atoms with van der Waals surface area (Å²) in [7, 11) is -11.2. The normalized spacial score (nSPS) is 36.8. The number of aromatic nitrogens is 4. The molecule has 40 heavy (non-hydrogen) atoms. The van der Waals surface area contributed by atoms with Crippen LogP contribution in [0.4, 0.5) is 10.2 Å². The van der Waals surface area contributed by atoms with Crippen molar-refractivity contribution in [2.75, 3.05) is 18.9 Å². The Morgan fingerprint density at radius 3 is 2.38 bits per heavy atom. The molecule has 0 aromatic carbocycles. The van der Waals surface area contributed by atoms with Gasteiger partial charge in [0, 0.05) is 0 Å². The summed E-state index contributed by atoms with van der Waals surface area (Å²) >= 11 is 0. The van der Waals surface area contributed by atoms with Gasteiger partial charge in [-0.05, 0) is 0 Å². The SMILES string of the molecule is Nc1ncnc2c1ncn2[C@@H]1O[C@H](COP(=O)(O)OP(=O)(O)O[C@@H]2OC([C@@H](F)CO)[C@@H](O)[C@H](O)C2O)C(O)[C@@H]1O. The predicted octanol–water partition coefficient (Wildman–Crippen LogP) is -3.58. The highest BCUT2D eigenvalue weighted by Gasteiger charge is 2.51. The van der Waals surface area contributed by atoms with E-state index in [1.807, 2.05) is 0 Å². The largest absolute Gasteiger partial charge is 0.483 e. The number of nitrogens with two attached hydrogens (primary N) is 1. The van der Waals surface area contributed by atoms with Crippen LogP contribution >= 0.6 is 15.6 Å². The van der Waals surface area contributed by atoms with Crippen LogP contribution in [0.1, 0.15) is 6.23 Å². The van der Waals surface area contributed by atoms with Gasteiger partial charge >= 0.3 is 15.6 Å². The molecule has 23 heteroatoms. The first-order valence-corrected chi connectivity index (χ1v) is 14.2. The molecule has 0 radical (unpaired) electrons. The smallest absolute Gasteiger partial charge is 0.393 e. The number of nitrogens with zero attached hydrogens (tertiary/aromatic N) is 4. The lowest BCUT2D eigenvalue weighted by Gasteiger charge is -2.41. The Hall–Kier alpha value is -1.78. The summed E-state index contributed by atoms with van der Waals surface area (Å²) in [6.45, 7) is -2.18. The predicted molar refractivity (Wildman–Crippen MR) is 122 cm³/mol. The number of halogens is 1. The number of imidazole rings is 1. The molecule has 20 nitrogen and oxygen atoms in total. The number of phosphoric ester groups is 2. The van der Waals surface area contributed by atoms with E-state index in [0.29, 0.717) is 0 Å². The van der Waals surface area contributed by atoms with Crippen LogP contribution in [0.15, 0.2) is 12.7 Å². The van der Waals surface area contributed by atoms with Crippen molar-refractivity contribution in [2.45, 2.75) is 61.4 Å². The summed E-state index contributed by atoms with van der Waals surface area (Å²) in [5.74, 6) is 0.0240. The van der Waals surface area contributed by atoms with Crippen molar-refractivity contribution in [3.05, 3.63) is 12.7 Å². The van der Waals surface area contributed by atoms with Gasteiger partial charge < -0.3 is 55.6 Å². The number of aliphatic hydroxyl groups is 6. The fourth-order valence-corrected chi connectivity index (χ4v) is 6.15. The molecule has 12 atom stereocenters. The van der Waals surface area contributed by atoms with Crippen LogP contribution in [0.5, 0.6) is 0 Å². The topological polar surface area (TPSA) is 312 Å². The van der Waals surface area contributed by atoms with Crippen molar-refractivity contribution in [3.63, 3.8) is 0 Å². The van der Waals surface area contributed by atoms with Crippen molar-refractivity contribution in [1.29, 1.82) is 0 Å². The summed E-state index contributed by atoms with van der Waals surface area (Å²) in [6.07, 6.45) is -17.1. The molecule has 10 N–H and O–H groups in total. The second kappa shape index (κ2) is 11.8. The van der Waals surface area contributed by atoms with Crippen LogP contribution in [-0.4, -0.2) is 128 Å². The van der Waals surface area contributed by atoms with Gasteiger partial charge in [-0.25, -0.2) is 28.5 Å². The lowest BCUT2D eigenvalue weighted by atomic mass is 9.96. The standard InChI is InChI=1S/C17H26FN5O15P2/c18-5(1-24)13-10(27)9(26)12(29)17(36-13)37-40(32,33)38-39(30,31)34-2-6-8(25)11(28)16(35-6)23-4-22-7-14(19)20-3-21-15(7)23/h3-6,8-13,16-17,24-29H,1-2H2,(H,30,31)(H,32,33)(H2,19,20,21)/t5-,6+,8?,9-,10-,11-,12?,13?,16+,17-/m0/s1. The molecule has 0 bridgehead atoms. The van der Waals surface area contributed by atoms with Crippen molar-refractivity contribution in [2.24, 2.45) is 0 Å². The van der Waals surface area contributed by atoms with E-state index < -0.39 is 90.3 Å². The third kappa shape index (κ3) is 6.33. The molecule has 2 saturated heterocycles. The number of anilines is 1. The van der Waals surface area contributed by atoms with Gasteiger partial charge in [0.25, 0.3) is 0 Å². The van der Waals surface area contributed by atoms with Crippen molar-refractivity contribution in [3.8, 4) is 0 Å². The Bertz CT molecular complexity index is 1290. The molecular weight excluding hydrogens is 595 g/mol. The monoisotopic (exact) mass is 621 g/mol. The maximum absolute atomic E-state index is 13.8. The lowest BCUT2D eigenvalue weighted by Crippen LogP contribution is -2.60. The third-order valence-corrected chi connectivity index (χ3v) is 8.58. The van der Waals surface area contributed by atoms with Crippen molar-refractivity contribution >= 4 is 32.6 Å². The summed E-state index contributed by atoms with van der Waals surface area (Å²) in [4.78, 5) is 31.6. The maximum Gasteiger partial charge on any atom is 0.483 e. The van der Waals surface area contributed by atoms with E-state index in [0.717, 1.165) is 6.33 Å². The first-order chi connectivity index (χ1) is 18.7. The highest BCUT2D eigenvalue weighted by molar-refractivity contribution is 7.61. The Kier molecular flexibility index (Phi) is 9.22. The quantitative estimate of drug-likeness (QED) is 0.116. The van der Waals surface area contributed by atoms with E-state index in [1.165, 1.54) is 10.9 Å². The molecule has 0 aliphatic carbocycles.